The summed E-state index contributed by atoms with van der Waals surface area (Å²) < 4.78 is 5.80. The molecule has 4 nitrogen and oxygen atoms in total. The highest BCUT2D eigenvalue weighted by Crippen LogP contribution is 2.27. The van der Waals surface area contributed by atoms with E-state index in [0.29, 0.717) is 12.0 Å². The van der Waals surface area contributed by atoms with E-state index in [-0.39, 0.29) is 0 Å². The highest BCUT2D eigenvalue weighted by molar-refractivity contribution is 5.39. The van der Waals surface area contributed by atoms with Crippen molar-refractivity contribution in [2.24, 2.45) is 5.92 Å². The van der Waals surface area contributed by atoms with Gasteiger partial charge < -0.3 is 10.1 Å². The van der Waals surface area contributed by atoms with E-state index in [1.54, 1.807) is 0 Å². The van der Waals surface area contributed by atoms with Crippen LogP contribution in [-0.2, 0) is 6.42 Å². The molecule has 2 rings (SSSR count). The smallest absolute Gasteiger partial charge is 0.218 e. The minimum absolute atomic E-state index is 0.529. The molecule has 1 aromatic heterocycles. The molecule has 1 aliphatic rings. The topological polar surface area (TPSA) is 47.0 Å². The van der Waals surface area contributed by atoms with E-state index >= 15 is 0 Å². The molecule has 1 aromatic rings. The summed E-state index contributed by atoms with van der Waals surface area (Å²) >= 11 is 0. The van der Waals surface area contributed by atoms with Gasteiger partial charge in [-0.15, -0.1) is 0 Å². The third kappa shape index (κ3) is 5.15. The van der Waals surface area contributed by atoms with Crippen molar-refractivity contribution in [3.63, 3.8) is 0 Å². The van der Waals surface area contributed by atoms with Gasteiger partial charge in [0.25, 0.3) is 0 Å². The number of unbranched alkanes of at least 4 members (excludes halogenated alkanes) is 1. The van der Waals surface area contributed by atoms with Crippen LogP contribution in [0.1, 0.15) is 71.5 Å². The van der Waals surface area contributed by atoms with Gasteiger partial charge in [0.15, 0.2) is 0 Å². The first-order valence-corrected chi connectivity index (χ1v) is 9.00. The molecule has 4 heteroatoms. The minimum atomic E-state index is 0.529. The van der Waals surface area contributed by atoms with Gasteiger partial charge in [0.05, 0.1) is 6.61 Å². The van der Waals surface area contributed by atoms with Gasteiger partial charge in [-0.25, -0.2) is 4.98 Å². The van der Waals surface area contributed by atoms with Crippen LogP contribution >= 0.6 is 0 Å². The molecular formula is C18H31N3O. The molecule has 1 heterocycles. The lowest BCUT2D eigenvalue weighted by Gasteiger charge is -2.30. The average Bonchev–Trinajstić information content (AvgIpc) is 2.50. The Morgan fingerprint density at radius 1 is 1.18 bits per heavy atom. The van der Waals surface area contributed by atoms with E-state index < -0.39 is 0 Å². The molecule has 1 saturated carbocycles. The second kappa shape index (κ2) is 8.96. The Morgan fingerprint density at radius 2 is 2.00 bits per heavy atom. The Kier molecular flexibility index (Phi) is 6.94. The average molecular weight is 305 g/mol. The molecule has 1 fully saturated rings. The Hall–Kier alpha value is -1.32. The Labute approximate surface area is 135 Å². The van der Waals surface area contributed by atoms with Crippen LogP contribution in [0.2, 0.25) is 0 Å². The summed E-state index contributed by atoms with van der Waals surface area (Å²) in [7, 11) is 0. The predicted octanol–water partition coefficient (Wildman–Crippen LogP) is 4.60. The van der Waals surface area contributed by atoms with E-state index in [4.69, 9.17) is 4.74 Å². The zero-order chi connectivity index (χ0) is 15.8. The molecule has 22 heavy (non-hydrogen) atoms. The second-order valence-electron chi connectivity index (χ2n) is 6.47. The molecule has 2 unspecified atom stereocenters. The van der Waals surface area contributed by atoms with Gasteiger partial charge in [0.1, 0.15) is 11.6 Å². The Bertz CT molecular complexity index is 450. The van der Waals surface area contributed by atoms with Crippen molar-refractivity contribution >= 4 is 5.82 Å². The number of aromatic nitrogens is 2. The minimum Gasteiger partial charge on any atom is -0.478 e. The van der Waals surface area contributed by atoms with Gasteiger partial charge in [0, 0.05) is 18.5 Å². The summed E-state index contributed by atoms with van der Waals surface area (Å²) in [4.78, 5) is 9.21. The first-order valence-electron chi connectivity index (χ1n) is 9.00. The van der Waals surface area contributed by atoms with Gasteiger partial charge in [-0.3, -0.25) is 0 Å². The lowest BCUT2D eigenvalue weighted by molar-refractivity contribution is 0.296. The molecule has 0 radical (unpaired) electrons. The lowest BCUT2D eigenvalue weighted by Crippen LogP contribution is -2.30. The van der Waals surface area contributed by atoms with Crippen LogP contribution in [0, 0.1) is 5.92 Å². The third-order valence-electron chi connectivity index (χ3n) is 4.42. The third-order valence-corrected chi connectivity index (χ3v) is 4.42. The maximum absolute atomic E-state index is 5.80. The van der Waals surface area contributed by atoms with Crippen molar-refractivity contribution in [1.82, 2.24) is 9.97 Å². The van der Waals surface area contributed by atoms with Crippen LogP contribution in [0.4, 0.5) is 5.82 Å². The fraction of sp³-hybridized carbons (Fsp3) is 0.778. The van der Waals surface area contributed by atoms with Crippen LogP contribution in [0.3, 0.4) is 0 Å². The van der Waals surface area contributed by atoms with Crippen LogP contribution < -0.4 is 10.1 Å². The molecule has 0 spiro atoms. The highest BCUT2D eigenvalue weighted by Gasteiger charge is 2.21. The number of ether oxygens (including phenoxy) is 1. The Balaban J connectivity index is 2.06. The van der Waals surface area contributed by atoms with Crippen molar-refractivity contribution in [3.8, 4) is 5.88 Å². The number of hydrogen-bond donors (Lipinski definition) is 1. The van der Waals surface area contributed by atoms with E-state index in [1.165, 1.54) is 25.7 Å². The molecule has 0 aliphatic heterocycles. The highest BCUT2D eigenvalue weighted by atomic mass is 16.5. The number of anilines is 1. The number of hydrogen-bond acceptors (Lipinski definition) is 4. The number of aryl methyl sites for hydroxylation is 1. The molecule has 124 valence electrons. The van der Waals surface area contributed by atoms with Crippen molar-refractivity contribution < 1.29 is 4.74 Å². The number of nitrogens with zero attached hydrogens (tertiary/aromatic N) is 2. The second-order valence-corrected chi connectivity index (χ2v) is 6.47. The van der Waals surface area contributed by atoms with Gasteiger partial charge in [0.2, 0.25) is 5.88 Å². The molecule has 0 amide bonds. The molecule has 1 aliphatic carbocycles. The standard InChI is InChI=1S/C18H31N3O/c1-4-6-12-22-18-13-17(20-16(21-18)9-5-2)19-15-11-8-7-10-14(15)3/h13-15H,4-12H2,1-3H3,(H,19,20,21). The first-order chi connectivity index (χ1) is 10.7. The molecule has 2 atom stereocenters. The van der Waals surface area contributed by atoms with E-state index in [1.807, 2.05) is 6.07 Å². The van der Waals surface area contributed by atoms with E-state index in [2.05, 4.69) is 36.1 Å². The van der Waals surface area contributed by atoms with Crippen LogP contribution in [0.25, 0.3) is 0 Å². The molecule has 1 N–H and O–H groups in total. The molecule has 0 saturated heterocycles. The van der Waals surface area contributed by atoms with E-state index in [9.17, 15) is 0 Å². The normalized spacial score (nSPS) is 21.6. The lowest BCUT2D eigenvalue weighted by atomic mass is 9.86. The number of nitrogens with one attached hydrogen (secondary N) is 1. The quantitative estimate of drug-likeness (QED) is 0.713. The fourth-order valence-electron chi connectivity index (χ4n) is 3.00. The predicted molar refractivity (Wildman–Crippen MR) is 91.5 cm³/mol. The summed E-state index contributed by atoms with van der Waals surface area (Å²) in [6, 6.07) is 2.50. The molecule has 0 aromatic carbocycles. The largest absolute Gasteiger partial charge is 0.478 e. The summed E-state index contributed by atoms with van der Waals surface area (Å²) in [6.07, 6.45) is 9.37. The maximum Gasteiger partial charge on any atom is 0.218 e. The van der Waals surface area contributed by atoms with Crippen molar-refractivity contribution in [1.29, 1.82) is 0 Å². The zero-order valence-corrected chi connectivity index (χ0v) is 14.4. The van der Waals surface area contributed by atoms with E-state index in [0.717, 1.165) is 49.8 Å². The summed E-state index contributed by atoms with van der Waals surface area (Å²) in [5.74, 6) is 3.26. The van der Waals surface area contributed by atoms with Gasteiger partial charge in [-0.2, -0.15) is 4.98 Å². The van der Waals surface area contributed by atoms with Crippen LogP contribution in [-0.4, -0.2) is 22.6 Å². The SMILES string of the molecule is CCCCOc1cc(NC2CCCCC2C)nc(CCC)n1. The van der Waals surface area contributed by atoms with Crippen molar-refractivity contribution in [3.05, 3.63) is 11.9 Å². The fourth-order valence-corrected chi connectivity index (χ4v) is 3.00. The number of rotatable bonds is 8. The van der Waals surface area contributed by atoms with Gasteiger partial charge >= 0.3 is 0 Å². The van der Waals surface area contributed by atoms with Gasteiger partial charge in [-0.1, -0.05) is 40.0 Å². The molecular weight excluding hydrogens is 274 g/mol. The van der Waals surface area contributed by atoms with Crippen molar-refractivity contribution in [2.45, 2.75) is 78.2 Å². The monoisotopic (exact) mass is 305 g/mol. The molecule has 0 bridgehead atoms. The summed E-state index contributed by atoms with van der Waals surface area (Å²) in [5.41, 5.74) is 0. The zero-order valence-electron chi connectivity index (χ0n) is 14.4. The van der Waals surface area contributed by atoms with Crippen LogP contribution in [0.5, 0.6) is 5.88 Å². The van der Waals surface area contributed by atoms with Gasteiger partial charge in [-0.05, 0) is 31.6 Å². The Morgan fingerprint density at radius 3 is 2.73 bits per heavy atom. The summed E-state index contributed by atoms with van der Waals surface area (Å²) in [6.45, 7) is 7.40. The maximum atomic E-state index is 5.80. The van der Waals surface area contributed by atoms with Crippen LogP contribution in [0.15, 0.2) is 6.07 Å². The first kappa shape index (κ1) is 17.0. The summed E-state index contributed by atoms with van der Waals surface area (Å²) in [5, 5.41) is 3.63. The van der Waals surface area contributed by atoms with Crippen molar-refractivity contribution in [2.75, 3.05) is 11.9 Å².